The number of piperidine rings is 1. The molecule has 0 aromatic heterocycles. The smallest absolute Gasteiger partial charge is 0.258 e. The van der Waals surface area contributed by atoms with E-state index in [1.54, 1.807) is 0 Å². The van der Waals surface area contributed by atoms with Gasteiger partial charge in [0.25, 0.3) is 5.91 Å². The number of carbonyl (C=O) groups excluding carboxylic acids is 1. The number of nitrogens with one attached hydrogen (secondary N) is 1. The molecule has 4 nitrogen and oxygen atoms in total. The van der Waals surface area contributed by atoms with Gasteiger partial charge in [0.05, 0.1) is 6.04 Å². The molecule has 144 valence electrons. The molecule has 0 saturated carbocycles. The van der Waals surface area contributed by atoms with Crippen LogP contribution in [0.1, 0.15) is 42.0 Å². The molecule has 0 spiro atoms. The Labute approximate surface area is 162 Å². The van der Waals surface area contributed by atoms with Gasteiger partial charge in [0.2, 0.25) is 0 Å². The van der Waals surface area contributed by atoms with E-state index in [0.29, 0.717) is 6.54 Å². The molecule has 1 saturated heterocycles. The zero-order valence-electron chi connectivity index (χ0n) is 16.4. The average molecular weight is 367 g/mol. The summed E-state index contributed by atoms with van der Waals surface area (Å²) in [7, 11) is 0. The minimum absolute atomic E-state index is 0.0471. The molecule has 1 atom stereocenters. The summed E-state index contributed by atoms with van der Waals surface area (Å²) in [5.74, 6) is 0.686. The highest BCUT2D eigenvalue weighted by molar-refractivity contribution is 5.77. The van der Waals surface area contributed by atoms with Crippen molar-refractivity contribution in [2.45, 2.75) is 39.2 Å². The maximum absolute atomic E-state index is 12.3. The number of hydrogen-bond acceptors (Lipinski definition) is 3. The summed E-state index contributed by atoms with van der Waals surface area (Å²) in [6, 6.07) is 16.6. The number of likely N-dealkylation sites (tertiary alicyclic amines) is 1. The van der Waals surface area contributed by atoms with Gasteiger partial charge in [-0.15, -0.1) is 0 Å². The van der Waals surface area contributed by atoms with E-state index < -0.39 is 0 Å². The Morgan fingerprint density at radius 2 is 1.74 bits per heavy atom. The van der Waals surface area contributed by atoms with Gasteiger partial charge in [-0.3, -0.25) is 9.69 Å². The molecule has 1 fully saturated rings. The van der Waals surface area contributed by atoms with E-state index in [-0.39, 0.29) is 18.6 Å². The highest BCUT2D eigenvalue weighted by atomic mass is 16.5. The summed E-state index contributed by atoms with van der Waals surface area (Å²) in [5, 5.41) is 3.08. The largest absolute Gasteiger partial charge is 0.484 e. The molecule has 2 aromatic carbocycles. The van der Waals surface area contributed by atoms with Crippen LogP contribution in [0.3, 0.4) is 0 Å². The molecule has 3 rings (SSSR count). The van der Waals surface area contributed by atoms with Crippen molar-refractivity contribution in [1.82, 2.24) is 10.2 Å². The van der Waals surface area contributed by atoms with Crippen LogP contribution in [0.25, 0.3) is 0 Å². The van der Waals surface area contributed by atoms with Crippen molar-refractivity contribution in [3.8, 4) is 5.75 Å². The molecular weight excluding hydrogens is 336 g/mol. The van der Waals surface area contributed by atoms with E-state index in [2.05, 4.69) is 41.4 Å². The first kappa shape index (κ1) is 19.4. The van der Waals surface area contributed by atoms with Crippen LogP contribution in [-0.2, 0) is 4.79 Å². The van der Waals surface area contributed by atoms with E-state index in [1.807, 2.05) is 31.2 Å². The van der Waals surface area contributed by atoms with Gasteiger partial charge in [-0.05, 0) is 57.0 Å². The minimum atomic E-state index is -0.0765. The van der Waals surface area contributed by atoms with Crippen molar-refractivity contribution in [2.75, 3.05) is 26.2 Å². The molecule has 27 heavy (non-hydrogen) atoms. The lowest BCUT2D eigenvalue weighted by Gasteiger charge is -2.35. The monoisotopic (exact) mass is 366 g/mol. The first-order valence-corrected chi connectivity index (χ1v) is 9.89. The SMILES string of the molecule is Cc1ccc([C@H](CNC(=O)COc2ccccc2C)N2CCCCC2)cc1. The van der Waals surface area contributed by atoms with Gasteiger partial charge in [0, 0.05) is 6.54 Å². The number of benzene rings is 2. The normalized spacial score (nSPS) is 15.9. The van der Waals surface area contributed by atoms with Crippen LogP contribution in [0.2, 0.25) is 0 Å². The van der Waals surface area contributed by atoms with Gasteiger partial charge >= 0.3 is 0 Å². The first-order chi connectivity index (χ1) is 13.1. The van der Waals surface area contributed by atoms with E-state index in [9.17, 15) is 4.79 Å². The Balaban J connectivity index is 1.59. The van der Waals surface area contributed by atoms with Crippen LogP contribution >= 0.6 is 0 Å². The lowest BCUT2D eigenvalue weighted by molar-refractivity contribution is -0.123. The maximum Gasteiger partial charge on any atom is 0.258 e. The summed E-state index contributed by atoms with van der Waals surface area (Å²) in [5.41, 5.74) is 3.56. The average Bonchev–Trinajstić information content (AvgIpc) is 2.69. The van der Waals surface area contributed by atoms with Gasteiger partial charge in [0.1, 0.15) is 5.75 Å². The number of nitrogens with zero attached hydrogens (tertiary/aromatic N) is 1. The second kappa shape index (κ2) is 9.56. The van der Waals surface area contributed by atoms with Crippen LogP contribution in [0.15, 0.2) is 48.5 Å². The van der Waals surface area contributed by atoms with Gasteiger partial charge in [0.15, 0.2) is 6.61 Å². The van der Waals surface area contributed by atoms with Crippen LogP contribution in [-0.4, -0.2) is 37.0 Å². The standard InChI is InChI=1S/C23H30N2O2/c1-18-10-12-20(13-11-18)21(25-14-6-3-7-15-25)16-24-23(26)17-27-22-9-5-4-8-19(22)2/h4-5,8-13,21H,3,6-7,14-17H2,1-2H3,(H,24,26)/t21-/m0/s1. The number of para-hydroxylation sites is 1. The Bertz CT molecular complexity index is 736. The van der Waals surface area contributed by atoms with Gasteiger partial charge in [-0.2, -0.15) is 0 Å². The molecule has 1 aliphatic rings. The number of aryl methyl sites for hydroxylation is 2. The maximum atomic E-state index is 12.3. The fourth-order valence-electron chi connectivity index (χ4n) is 3.60. The number of rotatable bonds is 7. The van der Waals surface area contributed by atoms with Crippen molar-refractivity contribution < 1.29 is 9.53 Å². The van der Waals surface area contributed by atoms with Crippen molar-refractivity contribution in [3.63, 3.8) is 0 Å². The van der Waals surface area contributed by atoms with Crippen molar-refractivity contribution in [2.24, 2.45) is 0 Å². The molecule has 0 unspecified atom stereocenters. The second-order valence-electron chi connectivity index (χ2n) is 7.38. The molecule has 2 aromatic rings. The Morgan fingerprint density at radius 1 is 1.04 bits per heavy atom. The van der Waals surface area contributed by atoms with Gasteiger partial charge < -0.3 is 10.1 Å². The lowest BCUT2D eigenvalue weighted by atomic mass is 10.0. The second-order valence-corrected chi connectivity index (χ2v) is 7.38. The van der Waals surface area contributed by atoms with Crippen molar-refractivity contribution >= 4 is 5.91 Å². The summed E-state index contributed by atoms with van der Waals surface area (Å²) in [6.45, 7) is 6.92. The molecule has 1 amide bonds. The fraction of sp³-hybridized carbons (Fsp3) is 0.435. The lowest BCUT2D eigenvalue weighted by Crippen LogP contribution is -2.41. The zero-order valence-corrected chi connectivity index (χ0v) is 16.4. The van der Waals surface area contributed by atoms with Crippen LogP contribution < -0.4 is 10.1 Å². The molecule has 1 aliphatic heterocycles. The quantitative estimate of drug-likeness (QED) is 0.804. The third-order valence-corrected chi connectivity index (χ3v) is 5.24. The van der Waals surface area contributed by atoms with Crippen molar-refractivity contribution in [3.05, 3.63) is 65.2 Å². The van der Waals surface area contributed by atoms with Crippen LogP contribution in [0.5, 0.6) is 5.75 Å². The number of ether oxygens (including phenoxy) is 1. The van der Waals surface area contributed by atoms with E-state index in [0.717, 1.165) is 24.4 Å². The van der Waals surface area contributed by atoms with Crippen LogP contribution in [0.4, 0.5) is 0 Å². The minimum Gasteiger partial charge on any atom is -0.484 e. The number of amides is 1. The molecule has 0 bridgehead atoms. The fourth-order valence-corrected chi connectivity index (χ4v) is 3.60. The summed E-state index contributed by atoms with van der Waals surface area (Å²) < 4.78 is 5.67. The predicted octanol–water partition coefficient (Wildman–Crippen LogP) is 4.03. The highest BCUT2D eigenvalue weighted by Gasteiger charge is 2.22. The summed E-state index contributed by atoms with van der Waals surface area (Å²) >= 11 is 0. The molecule has 4 heteroatoms. The predicted molar refractivity (Wildman–Crippen MR) is 109 cm³/mol. The molecule has 1 N–H and O–H groups in total. The van der Waals surface area contributed by atoms with Gasteiger partial charge in [-0.25, -0.2) is 0 Å². The van der Waals surface area contributed by atoms with Crippen LogP contribution in [0, 0.1) is 13.8 Å². The molecule has 1 heterocycles. The first-order valence-electron chi connectivity index (χ1n) is 9.89. The Hall–Kier alpha value is -2.33. The Kier molecular flexibility index (Phi) is 6.88. The van der Waals surface area contributed by atoms with Gasteiger partial charge in [-0.1, -0.05) is 54.4 Å². The summed E-state index contributed by atoms with van der Waals surface area (Å²) in [4.78, 5) is 14.8. The molecule has 0 aliphatic carbocycles. The number of hydrogen-bond donors (Lipinski definition) is 1. The number of carbonyl (C=O) groups is 1. The highest BCUT2D eigenvalue weighted by Crippen LogP contribution is 2.24. The van der Waals surface area contributed by atoms with E-state index in [4.69, 9.17) is 4.74 Å². The molecular formula is C23H30N2O2. The third kappa shape index (κ3) is 5.57. The topological polar surface area (TPSA) is 41.6 Å². The van der Waals surface area contributed by atoms with E-state index in [1.165, 1.54) is 30.4 Å². The van der Waals surface area contributed by atoms with Crippen molar-refractivity contribution in [1.29, 1.82) is 0 Å². The third-order valence-electron chi connectivity index (χ3n) is 5.24. The zero-order chi connectivity index (χ0) is 19.1. The Morgan fingerprint density at radius 3 is 2.44 bits per heavy atom. The summed E-state index contributed by atoms with van der Waals surface area (Å²) in [6.07, 6.45) is 3.76. The molecule has 0 radical (unpaired) electrons. The van der Waals surface area contributed by atoms with E-state index >= 15 is 0 Å².